The van der Waals surface area contributed by atoms with Crippen LogP contribution in [0.4, 0.5) is 0 Å². The molecule has 0 unspecified atom stereocenters. The zero-order valence-corrected chi connectivity index (χ0v) is 10.9. The number of nitrogens with zero attached hydrogens (tertiary/aromatic N) is 1. The van der Waals surface area contributed by atoms with Crippen LogP contribution >= 0.6 is 0 Å². The summed E-state index contributed by atoms with van der Waals surface area (Å²) in [6.45, 7) is 4.43. The summed E-state index contributed by atoms with van der Waals surface area (Å²) < 4.78 is 0. The number of amides is 2. The molecule has 2 atom stereocenters. The highest BCUT2D eigenvalue weighted by molar-refractivity contribution is 5.97. The van der Waals surface area contributed by atoms with Gasteiger partial charge in [-0.3, -0.25) is 20.4 Å². The number of nitrogens with one attached hydrogen (secondary N) is 3. The van der Waals surface area contributed by atoms with Crippen molar-refractivity contribution in [1.29, 1.82) is 0 Å². The van der Waals surface area contributed by atoms with E-state index in [1.165, 1.54) is 0 Å². The second-order valence-electron chi connectivity index (χ2n) is 4.85. The van der Waals surface area contributed by atoms with Gasteiger partial charge in [0.25, 0.3) is 0 Å². The van der Waals surface area contributed by atoms with Crippen molar-refractivity contribution in [2.75, 3.05) is 19.6 Å². The molecule has 0 aliphatic carbocycles. The Hall–Kier alpha value is -1.14. The van der Waals surface area contributed by atoms with Gasteiger partial charge in [-0.1, -0.05) is 6.92 Å². The van der Waals surface area contributed by atoms with Gasteiger partial charge in [0.1, 0.15) is 12.1 Å². The van der Waals surface area contributed by atoms with E-state index >= 15 is 0 Å². The molecular formula is C12H22N4O2. The molecule has 0 aromatic heterocycles. The number of hydrogen-bond donors (Lipinski definition) is 3. The molecule has 2 amide bonds. The fourth-order valence-electron chi connectivity index (χ4n) is 2.64. The Morgan fingerprint density at radius 1 is 1.39 bits per heavy atom. The Morgan fingerprint density at radius 2 is 2.22 bits per heavy atom. The minimum Gasteiger partial charge on any atom is -0.343 e. The van der Waals surface area contributed by atoms with Crippen molar-refractivity contribution in [3.05, 3.63) is 0 Å². The molecule has 2 aliphatic heterocycles. The SMILES string of the molecule is CCNNCCC[C@@H]1NC(=O)[C@@H]2CCCN2C1=O. The second kappa shape index (κ2) is 6.15. The number of carbonyl (C=O) groups excluding carboxylic acids is 2. The average Bonchev–Trinajstić information content (AvgIpc) is 2.84. The normalized spacial score (nSPS) is 27.3. The summed E-state index contributed by atoms with van der Waals surface area (Å²) in [6.07, 6.45) is 3.32. The summed E-state index contributed by atoms with van der Waals surface area (Å²) in [7, 11) is 0. The van der Waals surface area contributed by atoms with E-state index in [1.807, 2.05) is 6.92 Å². The lowest BCUT2D eigenvalue weighted by Gasteiger charge is -2.34. The van der Waals surface area contributed by atoms with Crippen LogP contribution in [-0.4, -0.2) is 48.4 Å². The van der Waals surface area contributed by atoms with E-state index in [2.05, 4.69) is 16.2 Å². The van der Waals surface area contributed by atoms with Crippen molar-refractivity contribution in [1.82, 2.24) is 21.1 Å². The summed E-state index contributed by atoms with van der Waals surface area (Å²) in [6, 6.07) is -0.524. The zero-order valence-electron chi connectivity index (χ0n) is 10.9. The summed E-state index contributed by atoms with van der Waals surface area (Å²) in [5, 5.41) is 2.85. The molecule has 2 aliphatic rings. The van der Waals surface area contributed by atoms with Crippen molar-refractivity contribution in [2.24, 2.45) is 0 Å². The molecule has 3 N–H and O–H groups in total. The lowest BCUT2D eigenvalue weighted by Crippen LogP contribution is -2.61. The van der Waals surface area contributed by atoms with Crippen molar-refractivity contribution in [3.8, 4) is 0 Å². The molecule has 0 bridgehead atoms. The van der Waals surface area contributed by atoms with Crippen LogP contribution in [0.25, 0.3) is 0 Å². The molecule has 0 aromatic carbocycles. The van der Waals surface area contributed by atoms with Crippen LogP contribution in [0.1, 0.15) is 32.6 Å². The van der Waals surface area contributed by atoms with Crippen LogP contribution in [0.2, 0.25) is 0 Å². The van der Waals surface area contributed by atoms with Crippen LogP contribution in [0.5, 0.6) is 0 Å². The molecule has 2 saturated heterocycles. The van der Waals surface area contributed by atoms with Crippen LogP contribution in [0, 0.1) is 0 Å². The predicted molar refractivity (Wildman–Crippen MR) is 67.6 cm³/mol. The Bertz CT molecular complexity index is 321. The lowest BCUT2D eigenvalue weighted by molar-refractivity contribution is -0.147. The third-order valence-corrected chi connectivity index (χ3v) is 3.55. The van der Waals surface area contributed by atoms with Crippen molar-refractivity contribution >= 4 is 11.8 Å². The lowest BCUT2D eigenvalue weighted by atomic mass is 10.0. The van der Waals surface area contributed by atoms with Crippen molar-refractivity contribution in [2.45, 2.75) is 44.7 Å². The van der Waals surface area contributed by atoms with Gasteiger partial charge in [-0.25, -0.2) is 0 Å². The van der Waals surface area contributed by atoms with E-state index < -0.39 is 0 Å². The molecule has 2 heterocycles. The fraction of sp³-hybridized carbons (Fsp3) is 0.833. The molecule has 102 valence electrons. The Labute approximate surface area is 107 Å². The Balaban J connectivity index is 1.78. The average molecular weight is 254 g/mol. The zero-order chi connectivity index (χ0) is 13.0. The van der Waals surface area contributed by atoms with E-state index in [-0.39, 0.29) is 23.9 Å². The number of hydrogen-bond acceptors (Lipinski definition) is 4. The quantitative estimate of drug-likeness (QED) is 0.436. The minimum atomic E-state index is -0.324. The van der Waals surface area contributed by atoms with Crippen LogP contribution in [0.3, 0.4) is 0 Å². The summed E-state index contributed by atoms with van der Waals surface area (Å²) in [5.41, 5.74) is 6.07. The van der Waals surface area contributed by atoms with Crippen LogP contribution < -0.4 is 16.2 Å². The smallest absolute Gasteiger partial charge is 0.245 e. The van der Waals surface area contributed by atoms with E-state index in [0.29, 0.717) is 6.42 Å². The monoisotopic (exact) mass is 254 g/mol. The largest absolute Gasteiger partial charge is 0.343 e. The number of piperazine rings is 1. The van der Waals surface area contributed by atoms with E-state index in [9.17, 15) is 9.59 Å². The molecule has 0 aromatic rings. The molecule has 0 spiro atoms. The molecular weight excluding hydrogens is 232 g/mol. The summed E-state index contributed by atoms with van der Waals surface area (Å²) >= 11 is 0. The van der Waals surface area contributed by atoms with Crippen molar-refractivity contribution < 1.29 is 9.59 Å². The second-order valence-corrected chi connectivity index (χ2v) is 4.85. The van der Waals surface area contributed by atoms with Crippen molar-refractivity contribution in [3.63, 3.8) is 0 Å². The molecule has 0 saturated carbocycles. The first-order chi connectivity index (χ1) is 8.74. The highest BCUT2D eigenvalue weighted by Gasteiger charge is 2.42. The Morgan fingerprint density at radius 3 is 3.00 bits per heavy atom. The maximum Gasteiger partial charge on any atom is 0.245 e. The summed E-state index contributed by atoms with van der Waals surface area (Å²) in [4.78, 5) is 25.7. The first kappa shape index (κ1) is 13.3. The van der Waals surface area contributed by atoms with E-state index in [4.69, 9.17) is 0 Å². The highest BCUT2D eigenvalue weighted by atomic mass is 16.2. The molecule has 0 radical (unpaired) electrons. The maximum atomic E-state index is 12.1. The maximum absolute atomic E-state index is 12.1. The number of hydrazine groups is 1. The van der Waals surface area contributed by atoms with Gasteiger partial charge in [-0.2, -0.15) is 0 Å². The number of rotatable bonds is 6. The standard InChI is InChI=1S/C12H22N4O2/c1-2-13-14-7-3-5-9-12(18)16-8-4-6-10(16)11(17)15-9/h9-10,13-14H,2-8H2,1H3,(H,15,17)/t9-,10-/m0/s1. The Kier molecular flexibility index (Phi) is 4.54. The summed E-state index contributed by atoms with van der Waals surface area (Å²) in [5.74, 6) is 0.122. The van der Waals surface area contributed by atoms with Gasteiger partial charge in [0, 0.05) is 19.6 Å². The third kappa shape index (κ3) is 2.81. The number of fused-ring (bicyclic) bond motifs is 1. The molecule has 2 rings (SSSR count). The van der Waals surface area contributed by atoms with Gasteiger partial charge < -0.3 is 10.2 Å². The minimum absolute atomic E-state index is 0.0248. The number of carbonyl (C=O) groups is 2. The van der Waals surface area contributed by atoms with Gasteiger partial charge in [0.2, 0.25) is 11.8 Å². The predicted octanol–water partition coefficient (Wildman–Crippen LogP) is -0.630. The van der Waals surface area contributed by atoms with Gasteiger partial charge >= 0.3 is 0 Å². The third-order valence-electron chi connectivity index (χ3n) is 3.55. The molecule has 6 heteroatoms. The van der Waals surface area contributed by atoms with Gasteiger partial charge in [0.05, 0.1) is 0 Å². The van der Waals surface area contributed by atoms with Crippen LogP contribution in [-0.2, 0) is 9.59 Å². The topological polar surface area (TPSA) is 73.5 Å². The molecule has 6 nitrogen and oxygen atoms in total. The molecule has 18 heavy (non-hydrogen) atoms. The van der Waals surface area contributed by atoms with Gasteiger partial charge in [-0.05, 0) is 25.7 Å². The first-order valence-corrected chi connectivity index (χ1v) is 6.80. The first-order valence-electron chi connectivity index (χ1n) is 6.80. The van der Waals surface area contributed by atoms with Crippen LogP contribution in [0.15, 0.2) is 0 Å². The fourth-order valence-corrected chi connectivity index (χ4v) is 2.64. The highest BCUT2D eigenvalue weighted by Crippen LogP contribution is 2.23. The van der Waals surface area contributed by atoms with E-state index in [1.54, 1.807) is 4.90 Å². The molecule has 2 fully saturated rings. The van der Waals surface area contributed by atoms with Gasteiger partial charge in [-0.15, -0.1) is 0 Å². The van der Waals surface area contributed by atoms with E-state index in [0.717, 1.165) is 38.9 Å². The van der Waals surface area contributed by atoms with Gasteiger partial charge in [0.15, 0.2) is 0 Å².